The number of nitrogen functional groups attached to an aromatic ring is 1. The molecule has 1 atom stereocenters. The molecule has 2 N–H and O–H groups in total. The summed E-state index contributed by atoms with van der Waals surface area (Å²) in [5, 5.41) is 1.13. The largest absolute Gasteiger partial charge is 0.399 e. The molecule has 0 aliphatic rings. The van der Waals surface area contributed by atoms with E-state index in [2.05, 4.69) is 48.8 Å². The molecule has 1 unspecified atom stereocenters. The van der Waals surface area contributed by atoms with E-state index < -0.39 is 0 Å². The van der Waals surface area contributed by atoms with Crippen molar-refractivity contribution in [1.82, 2.24) is 9.88 Å². The Labute approximate surface area is 127 Å². The summed E-state index contributed by atoms with van der Waals surface area (Å²) in [7, 11) is 4.22. The highest BCUT2D eigenvalue weighted by Gasteiger charge is 2.17. The van der Waals surface area contributed by atoms with Gasteiger partial charge in [-0.05, 0) is 59.1 Å². The topological polar surface area (TPSA) is 45.4 Å². The van der Waals surface area contributed by atoms with E-state index in [0.29, 0.717) is 6.04 Å². The molecule has 4 heteroatoms. The Morgan fingerprint density at radius 3 is 2.57 bits per heavy atom. The first-order chi connectivity index (χ1) is 9.92. The number of likely N-dealkylation sites (N-methyl/N-ethyl adjacent to an activating group) is 2. The lowest BCUT2D eigenvalue weighted by Crippen LogP contribution is -2.40. The molecule has 0 saturated carbocycles. The molecule has 4 nitrogen and oxygen atoms in total. The third-order valence-electron chi connectivity index (χ3n) is 3.75. The van der Waals surface area contributed by atoms with Crippen LogP contribution in [0.3, 0.4) is 0 Å². The molecule has 2 aromatic rings. The number of benzene rings is 1. The Bertz CT molecular complexity index is 621. The average Bonchev–Trinajstić information content (AvgIpc) is 2.39. The summed E-state index contributed by atoms with van der Waals surface area (Å²) in [6.07, 6.45) is 0. The summed E-state index contributed by atoms with van der Waals surface area (Å²) in [5.74, 6) is 0. The molecule has 0 bridgehead atoms. The van der Waals surface area contributed by atoms with Crippen LogP contribution in [-0.4, -0.2) is 43.1 Å². The Kier molecular flexibility index (Phi) is 4.68. The van der Waals surface area contributed by atoms with E-state index >= 15 is 0 Å². The minimum absolute atomic E-state index is 0.427. The molecule has 1 aromatic heterocycles. The fraction of sp³-hybridized carbons (Fsp3) is 0.471. The minimum atomic E-state index is 0.427. The summed E-state index contributed by atoms with van der Waals surface area (Å²) in [6.45, 7) is 8.47. The van der Waals surface area contributed by atoms with E-state index in [0.717, 1.165) is 35.4 Å². The van der Waals surface area contributed by atoms with Gasteiger partial charge in [0.25, 0.3) is 0 Å². The smallest absolute Gasteiger partial charge is 0.0727 e. The van der Waals surface area contributed by atoms with E-state index in [4.69, 9.17) is 5.73 Å². The highest BCUT2D eigenvalue weighted by molar-refractivity contribution is 5.94. The van der Waals surface area contributed by atoms with Crippen LogP contribution >= 0.6 is 0 Å². The zero-order chi connectivity index (χ0) is 15.6. The first-order valence-corrected chi connectivity index (χ1v) is 7.50. The molecule has 0 aliphatic carbocycles. The number of hydrogen-bond acceptors (Lipinski definition) is 4. The molecular formula is C17H26N4. The van der Waals surface area contributed by atoms with Crippen LogP contribution in [0.5, 0.6) is 0 Å². The third-order valence-corrected chi connectivity index (χ3v) is 3.75. The van der Waals surface area contributed by atoms with E-state index in [1.165, 1.54) is 5.69 Å². The first-order valence-electron chi connectivity index (χ1n) is 7.50. The summed E-state index contributed by atoms with van der Waals surface area (Å²) in [4.78, 5) is 9.27. The zero-order valence-electron chi connectivity index (χ0n) is 13.7. The van der Waals surface area contributed by atoms with Gasteiger partial charge in [0, 0.05) is 41.6 Å². The molecule has 0 fully saturated rings. The van der Waals surface area contributed by atoms with Crippen LogP contribution in [0.15, 0.2) is 24.3 Å². The first kappa shape index (κ1) is 15.6. The normalized spacial score (nSPS) is 12.9. The molecule has 0 radical (unpaired) electrons. The van der Waals surface area contributed by atoms with Crippen LogP contribution in [0.1, 0.15) is 19.5 Å². The maximum absolute atomic E-state index is 5.97. The maximum Gasteiger partial charge on any atom is 0.0727 e. The number of aromatic nitrogens is 1. The third kappa shape index (κ3) is 3.45. The van der Waals surface area contributed by atoms with Crippen molar-refractivity contribution in [1.29, 1.82) is 0 Å². The number of hydrogen-bond donors (Lipinski definition) is 1. The number of pyridine rings is 1. The van der Waals surface area contributed by atoms with Gasteiger partial charge in [0.1, 0.15) is 0 Å². The predicted molar refractivity (Wildman–Crippen MR) is 91.9 cm³/mol. The quantitative estimate of drug-likeness (QED) is 0.859. The fourth-order valence-electron chi connectivity index (χ4n) is 2.94. The lowest BCUT2D eigenvalue weighted by molar-refractivity contribution is 0.373. The van der Waals surface area contributed by atoms with Crippen molar-refractivity contribution in [2.45, 2.75) is 26.8 Å². The summed E-state index contributed by atoms with van der Waals surface area (Å²) in [6, 6.07) is 8.54. The summed E-state index contributed by atoms with van der Waals surface area (Å²) < 4.78 is 0. The number of nitrogens with zero attached hydrogens (tertiary/aromatic N) is 3. The van der Waals surface area contributed by atoms with Gasteiger partial charge in [0.15, 0.2) is 0 Å². The number of nitrogens with two attached hydrogens (primary N) is 1. The Morgan fingerprint density at radius 1 is 1.24 bits per heavy atom. The van der Waals surface area contributed by atoms with Crippen molar-refractivity contribution in [3.63, 3.8) is 0 Å². The van der Waals surface area contributed by atoms with Crippen LogP contribution in [0, 0.1) is 6.92 Å². The Hall–Kier alpha value is -1.81. The lowest BCUT2D eigenvalue weighted by atomic mass is 10.1. The van der Waals surface area contributed by atoms with Crippen molar-refractivity contribution in [3.8, 4) is 0 Å². The van der Waals surface area contributed by atoms with Gasteiger partial charge in [0.05, 0.1) is 5.52 Å². The van der Waals surface area contributed by atoms with E-state index in [-0.39, 0.29) is 0 Å². The molecule has 2 rings (SSSR count). The SMILES string of the molecule is CCN(c1cc(C)nc2ccc(N)cc12)C(C)CN(C)C. The van der Waals surface area contributed by atoms with Gasteiger partial charge in [-0.1, -0.05) is 0 Å². The molecule has 0 saturated heterocycles. The van der Waals surface area contributed by atoms with Crippen LogP contribution < -0.4 is 10.6 Å². The minimum Gasteiger partial charge on any atom is -0.399 e. The predicted octanol–water partition coefficient (Wildman–Crippen LogP) is 2.90. The van der Waals surface area contributed by atoms with Gasteiger partial charge in [-0.2, -0.15) is 0 Å². The van der Waals surface area contributed by atoms with Gasteiger partial charge in [-0.25, -0.2) is 0 Å². The molecule has 0 aliphatic heterocycles. The number of rotatable bonds is 5. The second-order valence-electron chi connectivity index (χ2n) is 5.96. The van der Waals surface area contributed by atoms with Crippen molar-refractivity contribution < 1.29 is 0 Å². The lowest BCUT2D eigenvalue weighted by Gasteiger charge is -2.33. The van der Waals surface area contributed by atoms with Gasteiger partial charge in [-0.3, -0.25) is 4.98 Å². The van der Waals surface area contributed by atoms with Gasteiger partial charge in [-0.15, -0.1) is 0 Å². The van der Waals surface area contributed by atoms with Gasteiger partial charge < -0.3 is 15.5 Å². The van der Waals surface area contributed by atoms with Crippen molar-refractivity contribution in [2.24, 2.45) is 0 Å². The molecule has 1 aromatic carbocycles. The molecular weight excluding hydrogens is 260 g/mol. The van der Waals surface area contributed by atoms with Crippen LogP contribution in [0.2, 0.25) is 0 Å². The van der Waals surface area contributed by atoms with Gasteiger partial charge >= 0.3 is 0 Å². The number of fused-ring (bicyclic) bond motifs is 1. The van der Waals surface area contributed by atoms with Crippen LogP contribution in [0.4, 0.5) is 11.4 Å². The molecule has 0 amide bonds. The fourth-order valence-corrected chi connectivity index (χ4v) is 2.94. The molecule has 21 heavy (non-hydrogen) atoms. The second-order valence-corrected chi connectivity index (χ2v) is 5.96. The number of aryl methyl sites for hydroxylation is 1. The average molecular weight is 286 g/mol. The Morgan fingerprint density at radius 2 is 1.95 bits per heavy atom. The highest BCUT2D eigenvalue weighted by Crippen LogP contribution is 2.29. The molecule has 114 valence electrons. The van der Waals surface area contributed by atoms with Crippen molar-refractivity contribution in [2.75, 3.05) is 37.8 Å². The number of anilines is 2. The monoisotopic (exact) mass is 286 g/mol. The van der Waals surface area contributed by atoms with E-state index in [1.807, 2.05) is 25.1 Å². The van der Waals surface area contributed by atoms with Crippen LogP contribution in [-0.2, 0) is 0 Å². The maximum atomic E-state index is 5.97. The zero-order valence-corrected chi connectivity index (χ0v) is 13.7. The molecule has 1 heterocycles. The molecule has 0 spiro atoms. The highest BCUT2D eigenvalue weighted by atomic mass is 15.2. The second kappa shape index (κ2) is 6.31. The summed E-state index contributed by atoms with van der Waals surface area (Å²) in [5.41, 5.74) is 10.0. The Balaban J connectivity index is 2.54. The standard InChI is InChI=1S/C17H26N4/c1-6-21(13(3)11-20(4)5)17-9-12(2)19-16-8-7-14(18)10-15(16)17/h7-10,13H,6,11,18H2,1-5H3. The van der Waals surface area contributed by atoms with Crippen molar-refractivity contribution in [3.05, 3.63) is 30.0 Å². The van der Waals surface area contributed by atoms with Crippen molar-refractivity contribution >= 4 is 22.3 Å². The van der Waals surface area contributed by atoms with Gasteiger partial charge in [0.2, 0.25) is 0 Å². The summed E-state index contributed by atoms with van der Waals surface area (Å²) >= 11 is 0. The van der Waals surface area contributed by atoms with E-state index in [9.17, 15) is 0 Å². The van der Waals surface area contributed by atoms with E-state index in [1.54, 1.807) is 0 Å². The van der Waals surface area contributed by atoms with Crippen LogP contribution in [0.25, 0.3) is 10.9 Å².